The minimum absolute atomic E-state index is 0.0599. The summed E-state index contributed by atoms with van der Waals surface area (Å²) in [6, 6.07) is 18.9. The van der Waals surface area contributed by atoms with E-state index in [1.165, 1.54) is 7.11 Å². The van der Waals surface area contributed by atoms with Gasteiger partial charge in [0.05, 0.1) is 26.0 Å². The topological polar surface area (TPSA) is 60.3 Å². The predicted molar refractivity (Wildman–Crippen MR) is 97.5 cm³/mol. The van der Waals surface area contributed by atoms with E-state index >= 15 is 0 Å². The van der Waals surface area contributed by atoms with Crippen molar-refractivity contribution in [3.8, 4) is 0 Å². The number of oxime groups is 1. The number of halogens is 1. The zero-order valence-electron chi connectivity index (χ0n) is 14.7. The molecule has 2 aromatic carbocycles. The molecule has 0 spiro atoms. The van der Waals surface area contributed by atoms with Crippen LogP contribution in [0.25, 0.3) is 0 Å². The number of rotatable bonds is 11. The molecule has 0 aliphatic carbocycles. The van der Waals surface area contributed by atoms with Crippen LogP contribution in [0.4, 0.5) is 4.39 Å². The number of hydrogen-bond acceptors (Lipinski definition) is 5. The van der Waals surface area contributed by atoms with Crippen molar-refractivity contribution in [2.75, 3.05) is 13.7 Å². The summed E-state index contributed by atoms with van der Waals surface area (Å²) in [7, 11) is 1.32. The maximum atomic E-state index is 14.4. The van der Waals surface area contributed by atoms with Gasteiger partial charge in [-0.15, -0.1) is 0 Å². The Morgan fingerprint density at radius 2 is 1.58 bits per heavy atom. The van der Waals surface area contributed by atoms with Crippen molar-refractivity contribution in [3.63, 3.8) is 0 Å². The lowest BCUT2D eigenvalue weighted by atomic mass is 10.1. The fourth-order valence-corrected chi connectivity index (χ4v) is 2.35. The highest BCUT2D eigenvalue weighted by Gasteiger charge is 2.29. The summed E-state index contributed by atoms with van der Waals surface area (Å²) < 4.78 is 25.5. The van der Waals surface area contributed by atoms with Gasteiger partial charge in [0.15, 0.2) is 6.17 Å². The zero-order chi connectivity index (χ0) is 18.6. The Hall–Kier alpha value is -2.28. The molecule has 0 fully saturated rings. The molecule has 6 heteroatoms. The van der Waals surface area contributed by atoms with Crippen molar-refractivity contribution in [2.24, 2.45) is 5.16 Å². The van der Waals surface area contributed by atoms with Crippen LogP contribution in [0.2, 0.25) is 0 Å². The molecule has 0 heterocycles. The molecule has 0 aliphatic heterocycles. The van der Waals surface area contributed by atoms with Crippen LogP contribution < -0.4 is 0 Å². The molecule has 1 N–H and O–H groups in total. The highest BCUT2D eigenvalue weighted by Crippen LogP contribution is 2.13. The summed E-state index contributed by atoms with van der Waals surface area (Å²) in [4.78, 5) is 4.51. The Morgan fingerprint density at radius 3 is 2.15 bits per heavy atom. The third-order valence-corrected chi connectivity index (χ3v) is 3.69. The van der Waals surface area contributed by atoms with Gasteiger partial charge in [-0.2, -0.15) is 0 Å². The Balaban J connectivity index is 1.91. The average Bonchev–Trinajstić information content (AvgIpc) is 2.68. The molecule has 3 atom stereocenters. The van der Waals surface area contributed by atoms with Crippen LogP contribution in [0.1, 0.15) is 11.1 Å². The Labute approximate surface area is 153 Å². The SMILES string of the molecule is CON=C[C@H](F)[C@H](OCc1ccccc1)[C@H](O)COCc1ccccc1. The quantitative estimate of drug-likeness (QED) is 0.493. The highest BCUT2D eigenvalue weighted by atomic mass is 19.1. The zero-order valence-corrected chi connectivity index (χ0v) is 14.7. The van der Waals surface area contributed by atoms with E-state index in [1.807, 2.05) is 60.7 Å². The first-order valence-corrected chi connectivity index (χ1v) is 8.36. The minimum Gasteiger partial charge on any atom is -0.399 e. The standard InChI is InChI=1S/C20H24FNO4/c1-24-22-12-18(21)20(26-14-17-10-6-3-7-11-17)19(23)15-25-13-16-8-4-2-5-9-16/h2-12,18-20,23H,13-15H2,1H3/t18-,19+,20-/m0/s1. The number of aliphatic hydroxyl groups is 1. The van der Waals surface area contributed by atoms with Gasteiger partial charge in [0.25, 0.3) is 0 Å². The van der Waals surface area contributed by atoms with E-state index in [4.69, 9.17) is 9.47 Å². The van der Waals surface area contributed by atoms with Crippen LogP contribution in [0.15, 0.2) is 65.8 Å². The van der Waals surface area contributed by atoms with Crippen LogP contribution in [0.3, 0.4) is 0 Å². The molecule has 0 unspecified atom stereocenters. The first kappa shape index (κ1) is 20.0. The lowest BCUT2D eigenvalue weighted by Crippen LogP contribution is -2.41. The highest BCUT2D eigenvalue weighted by molar-refractivity contribution is 5.63. The van der Waals surface area contributed by atoms with E-state index in [9.17, 15) is 9.50 Å². The Bertz CT molecular complexity index is 639. The molecule has 0 radical (unpaired) electrons. The summed E-state index contributed by atoms with van der Waals surface area (Å²) >= 11 is 0. The second-order valence-corrected chi connectivity index (χ2v) is 5.71. The molecule has 140 valence electrons. The third-order valence-electron chi connectivity index (χ3n) is 3.69. The van der Waals surface area contributed by atoms with Crippen molar-refractivity contribution in [1.82, 2.24) is 0 Å². The largest absolute Gasteiger partial charge is 0.399 e. The van der Waals surface area contributed by atoms with Gasteiger partial charge in [0, 0.05) is 0 Å². The molecule has 2 rings (SSSR count). The maximum Gasteiger partial charge on any atom is 0.167 e. The molecule has 26 heavy (non-hydrogen) atoms. The van der Waals surface area contributed by atoms with E-state index in [2.05, 4.69) is 9.99 Å². The average molecular weight is 361 g/mol. The molecule has 2 aromatic rings. The van der Waals surface area contributed by atoms with Crippen LogP contribution >= 0.6 is 0 Å². The van der Waals surface area contributed by atoms with Gasteiger partial charge in [-0.05, 0) is 11.1 Å². The van der Waals surface area contributed by atoms with Crippen molar-refractivity contribution >= 4 is 6.21 Å². The van der Waals surface area contributed by atoms with Gasteiger partial charge in [-0.1, -0.05) is 65.8 Å². The molecule has 0 bridgehead atoms. The maximum absolute atomic E-state index is 14.4. The number of ether oxygens (including phenoxy) is 2. The fraction of sp³-hybridized carbons (Fsp3) is 0.350. The molecule has 5 nitrogen and oxygen atoms in total. The van der Waals surface area contributed by atoms with Crippen molar-refractivity contribution in [2.45, 2.75) is 31.6 Å². The van der Waals surface area contributed by atoms with Gasteiger partial charge in [0.1, 0.15) is 19.3 Å². The number of alkyl halides is 1. The lowest BCUT2D eigenvalue weighted by Gasteiger charge is -2.24. The predicted octanol–water partition coefficient (Wildman–Crippen LogP) is 3.12. The van der Waals surface area contributed by atoms with Crippen LogP contribution in [-0.2, 0) is 27.5 Å². The molecule has 0 aromatic heterocycles. The molecular weight excluding hydrogens is 337 g/mol. The van der Waals surface area contributed by atoms with Crippen molar-refractivity contribution in [1.29, 1.82) is 0 Å². The summed E-state index contributed by atoms with van der Waals surface area (Å²) in [5.41, 5.74) is 1.85. The summed E-state index contributed by atoms with van der Waals surface area (Å²) in [6.45, 7) is 0.435. The van der Waals surface area contributed by atoms with E-state index in [1.54, 1.807) is 0 Å². The van der Waals surface area contributed by atoms with Gasteiger partial charge < -0.3 is 19.4 Å². The normalized spacial score (nSPS) is 14.9. The first-order valence-electron chi connectivity index (χ1n) is 8.36. The summed E-state index contributed by atoms with van der Waals surface area (Å²) in [5.74, 6) is 0. The molecule has 0 saturated heterocycles. The van der Waals surface area contributed by atoms with E-state index in [0.29, 0.717) is 6.61 Å². The van der Waals surface area contributed by atoms with E-state index in [0.717, 1.165) is 17.3 Å². The molecule has 0 amide bonds. The number of hydrogen-bond donors (Lipinski definition) is 1. The lowest BCUT2D eigenvalue weighted by molar-refractivity contribution is -0.0974. The minimum atomic E-state index is -1.63. The van der Waals surface area contributed by atoms with Gasteiger partial charge in [-0.3, -0.25) is 0 Å². The van der Waals surface area contributed by atoms with Crippen molar-refractivity contribution < 1.29 is 23.8 Å². The second-order valence-electron chi connectivity index (χ2n) is 5.71. The monoisotopic (exact) mass is 361 g/mol. The smallest absolute Gasteiger partial charge is 0.167 e. The van der Waals surface area contributed by atoms with Crippen LogP contribution in [0.5, 0.6) is 0 Å². The van der Waals surface area contributed by atoms with Gasteiger partial charge in [-0.25, -0.2) is 4.39 Å². The first-order chi connectivity index (χ1) is 12.7. The van der Waals surface area contributed by atoms with E-state index < -0.39 is 18.4 Å². The number of benzene rings is 2. The Kier molecular flexibility index (Phi) is 8.75. The van der Waals surface area contributed by atoms with Crippen molar-refractivity contribution in [3.05, 3.63) is 71.8 Å². The van der Waals surface area contributed by atoms with Gasteiger partial charge in [0.2, 0.25) is 0 Å². The van der Waals surface area contributed by atoms with Crippen LogP contribution in [-0.4, -0.2) is 43.4 Å². The fourth-order valence-electron chi connectivity index (χ4n) is 2.35. The van der Waals surface area contributed by atoms with E-state index in [-0.39, 0.29) is 13.2 Å². The molecular formula is C20H24FNO4. The Morgan fingerprint density at radius 1 is 1.00 bits per heavy atom. The molecule has 0 aliphatic rings. The summed E-state index contributed by atoms with van der Waals surface area (Å²) in [5, 5.41) is 13.8. The third kappa shape index (κ3) is 6.92. The van der Waals surface area contributed by atoms with Gasteiger partial charge >= 0.3 is 0 Å². The second kappa shape index (κ2) is 11.4. The number of nitrogens with zero attached hydrogens (tertiary/aromatic N) is 1. The molecule has 0 saturated carbocycles. The summed E-state index contributed by atoms with van der Waals surface area (Å²) in [6.07, 6.45) is -2.93. The number of aliphatic hydroxyl groups excluding tert-OH is 1. The van der Waals surface area contributed by atoms with Crippen LogP contribution in [0, 0.1) is 0 Å².